The van der Waals surface area contributed by atoms with Crippen molar-refractivity contribution in [2.75, 3.05) is 13.1 Å². The summed E-state index contributed by atoms with van der Waals surface area (Å²) < 4.78 is 1.47. The Kier molecular flexibility index (Phi) is 3.08. The summed E-state index contributed by atoms with van der Waals surface area (Å²) in [4.78, 5) is 25.2. The molecule has 0 N–H and O–H groups in total. The molecule has 0 aromatic carbocycles. The van der Waals surface area contributed by atoms with Gasteiger partial charge < -0.3 is 9.47 Å². The average molecular weight is 220 g/mol. The number of carbonyl (C=O) groups is 1. The molecule has 16 heavy (non-hydrogen) atoms. The molecular weight excluding hydrogens is 204 g/mol. The van der Waals surface area contributed by atoms with Crippen molar-refractivity contribution in [1.29, 1.82) is 0 Å². The Balaban J connectivity index is 2.08. The Hall–Kier alpha value is -1.58. The Morgan fingerprint density at radius 3 is 2.69 bits per heavy atom. The van der Waals surface area contributed by atoms with E-state index < -0.39 is 0 Å². The molecule has 1 aromatic rings. The Morgan fingerprint density at radius 1 is 1.38 bits per heavy atom. The zero-order valence-corrected chi connectivity index (χ0v) is 9.48. The molecule has 86 valence electrons. The third-order valence-electron chi connectivity index (χ3n) is 2.92. The maximum atomic E-state index is 11.8. The van der Waals surface area contributed by atoms with Gasteiger partial charge in [0.1, 0.15) is 6.54 Å². The van der Waals surface area contributed by atoms with Gasteiger partial charge in [-0.3, -0.25) is 9.59 Å². The molecule has 1 saturated heterocycles. The summed E-state index contributed by atoms with van der Waals surface area (Å²) in [6, 6.07) is 3.40. The number of carbonyl (C=O) groups excluding carboxylic acids is 1. The van der Waals surface area contributed by atoms with Gasteiger partial charge in [-0.1, -0.05) is 0 Å². The molecule has 4 heteroatoms. The highest BCUT2D eigenvalue weighted by Crippen LogP contribution is 2.07. The summed E-state index contributed by atoms with van der Waals surface area (Å²) in [5.74, 6) is 0.0449. The number of hydrogen-bond donors (Lipinski definition) is 0. The summed E-state index contributed by atoms with van der Waals surface area (Å²) in [6.45, 7) is 3.70. The molecule has 4 nitrogen and oxygen atoms in total. The van der Waals surface area contributed by atoms with E-state index in [1.165, 1.54) is 4.57 Å². The van der Waals surface area contributed by atoms with E-state index in [0.717, 1.165) is 31.5 Å². The standard InChI is InChI=1S/C12H16N2O2/c1-10-4-7-14(11(15)8-10)9-12(16)13-5-2-3-6-13/h4,7-8H,2-3,5-6,9H2,1H3. The molecule has 1 amide bonds. The summed E-state index contributed by atoms with van der Waals surface area (Å²) >= 11 is 0. The third kappa shape index (κ3) is 2.32. The van der Waals surface area contributed by atoms with E-state index >= 15 is 0 Å². The highest BCUT2D eigenvalue weighted by molar-refractivity contribution is 5.76. The zero-order chi connectivity index (χ0) is 11.5. The molecule has 1 aliphatic rings. The van der Waals surface area contributed by atoms with Crippen molar-refractivity contribution in [3.05, 3.63) is 34.2 Å². The number of aryl methyl sites for hydroxylation is 1. The number of likely N-dealkylation sites (tertiary alicyclic amines) is 1. The predicted octanol–water partition coefficient (Wildman–Crippen LogP) is 0.779. The lowest BCUT2D eigenvalue weighted by molar-refractivity contribution is -0.130. The summed E-state index contributed by atoms with van der Waals surface area (Å²) in [5.41, 5.74) is 0.822. The lowest BCUT2D eigenvalue weighted by Crippen LogP contribution is -2.34. The minimum absolute atomic E-state index is 0.0449. The van der Waals surface area contributed by atoms with Gasteiger partial charge in [0.05, 0.1) is 0 Å². The monoisotopic (exact) mass is 220 g/mol. The Morgan fingerprint density at radius 2 is 2.06 bits per heavy atom. The molecule has 0 spiro atoms. The maximum absolute atomic E-state index is 11.8. The van der Waals surface area contributed by atoms with Crippen LogP contribution in [0.25, 0.3) is 0 Å². The molecule has 1 fully saturated rings. The van der Waals surface area contributed by atoms with Gasteiger partial charge in [-0.05, 0) is 31.4 Å². The second-order valence-electron chi connectivity index (χ2n) is 4.26. The SMILES string of the molecule is Cc1ccn(CC(=O)N2CCCC2)c(=O)c1. The number of hydrogen-bond acceptors (Lipinski definition) is 2. The van der Waals surface area contributed by atoms with Gasteiger partial charge in [0.25, 0.3) is 5.56 Å². The molecule has 0 radical (unpaired) electrons. The Labute approximate surface area is 94.5 Å². The lowest BCUT2D eigenvalue weighted by Gasteiger charge is -2.15. The van der Waals surface area contributed by atoms with Crippen LogP contribution in [0.15, 0.2) is 23.1 Å². The van der Waals surface area contributed by atoms with Crippen LogP contribution in [0.1, 0.15) is 18.4 Å². The van der Waals surface area contributed by atoms with E-state index in [4.69, 9.17) is 0 Å². The smallest absolute Gasteiger partial charge is 0.251 e. The van der Waals surface area contributed by atoms with E-state index in [0.29, 0.717) is 0 Å². The van der Waals surface area contributed by atoms with Crippen LogP contribution < -0.4 is 5.56 Å². The first-order chi connectivity index (χ1) is 7.66. The molecule has 1 aliphatic heterocycles. The molecular formula is C12H16N2O2. The molecule has 0 unspecified atom stereocenters. The normalized spacial score (nSPS) is 15.4. The maximum Gasteiger partial charge on any atom is 0.251 e. The molecule has 0 aliphatic carbocycles. The average Bonchev–Trinajstić information content (AvgIpc) is 2.75. The van der Waals surface area contributed by atoms with Crippen LogP contribution in [0.5, 0.6) is 0 Å². The lowest BCUT2D eigenvalue weighted by atomic mass is 10.3. The first-order valence-electron chi connectivity index (χ1n) is 5.62. The van der Waals surface area contributed by atoms with Crippen LogP contribution in [-0.2, 0) is 11.3 Å². The third-order valence-corrected chi connectivity index (χ3v) is 2.92. The highest BCUT2D eigenvalue weighted by Gasteiger charge is 2.18. The molecule has 2 heterocycles. The molecule has 0 saturated carbocycles. The first kappa shape index (κ1) is 10.9. The van der Waals surface area contributed by atoms with Gasteiger partial charge in [-0.15, -0.1) is 0 Å². The molecule has 0 atom stereocenters. The molecule has 2 rings (SSSR count). The largest absolute Gasteiger partial charge is 0.341 e. The quantitative estimate of drug-likeness (QED) is 0.739. The van der Waals surface area contributed by atoms with Crippen molar-refractivity contribution in [3.8, 4) is 0 Å². The van der Waals surface area contributed by atoms with Crippen LogP contribution >= 0.6 is 0 Å². The summed E-state index contributed by atoms with van der Waals surface area (Å²) in [6.07, 6.45) is 3.84. The first-order valence-corrected chi connectivity index (χ1v) is 5.62. The molecule has 1 aromatic heterocycles. The van der Waals surface area contributed by atoms with Crippen LogP contribution in [0.4, 0.5) is 0 Å². The van der Waals surface area contributed by atoms with E-state index in [1.54, 1.807) is 12.3 Å². The van der Waals surface area contributed by atoms with Crippen molar-refractivity contribution in [2.45, 2.75) is 26.3 Å². The topological polar surface area (TPSA) is 42.3 Å². The summed E-state index contributed by atoms with van der Waals surface area (Å²) in [5, 5.41) is 0. The van der Waals surface area contributed by atoms with Crippen molar-refractivity contribution >= 4 is 5.91 Å². The number of nitrogens with zero attached hydrogens (tertiary/aromatic N) is 2. The van der Waals surface area contributed by atoms with E-state index in [-0.39, 0.29) is 18.0 Å². The second-order valence-corrected chi connectivity index (χ2v) is 4.26. The van der Waals surface area contributed by atoms with Gasteiger partial charge in [0, 0.05) is 25.4 Å². The fraction of sp³-hybridized carbons (Fsp3) is 0.500. The van der Waals surface area contributed by atoms with Gasteiger partial charge in [-0.25, -0.2) is 0 Å². The van der Waals surface area contributed by atoms with Crippen LogP contribution in [0.2, 0.25) is 0 Å². The second kappa shape index (κ2) is 4.51. The van der Waals surface area contributed by atoms with Crippen molar-refractivity contribution in [3.63, 3.8) is 0 Å². The molecule has 0 bridgehead atoms. The minimum Gasteiger partial charge on any atom is -0.341 e. The van der Waals surface area contributed by atoms with Gasteiger partial charge >= 0.3 is 0 Å². The fourth-order valence-electron chi connectivity index (χ4n) is 1.95. The fourth-order valence-corrected chi connectivity index (χ4v) is 1.95. The van der Waals surface area contributed by atoms with Gasteiger partial charge in [-0.2, -0.15) is 0 Å². The number of amides is 1. The number of pyridine rings is 1. The van der Waals surface area contributed by atoms with Gasteiger partial charge in [0.2, 0.25) is 5.91 Å². The zero-order valence-electron chi connectivity index (χ0n) is 9.48. The van der Waals surface area contributed by atoms with E-state index in [2.05, 4.69) is 0 Å². The van der Waals surface area contributed by atoms with E-state index in [1.807, 2.05) is 17.9 Å². The predicted molar refractivity (Wildman–Crippen MR) is 61.3 cm³/mol. The van der Waals surface area contributed by atoms with Crippen LogP contribution in [-0.4, -0.2) is 28.5 Å². The highest BCUT2D eigenvalue weighted by atomic mass is 16.2. The van der Waals surface area contributed by atoms with Crippen molar-refractivity contribution in [2.24, 2.45) is 0 Å². The van der Waals surface area contributed by atoms with Crippen molar-refractivity contribution < 1.29 is 4.79 Å². The van der Waals surface area contributed by atoms with Crippen LogP contribution in [0, 0.1) is 6.92 Å². The van der Waals surface area contributed by atoms with Crippen LogP contribution in [0.3, 0.4) is 0 Å². The Bertz CT molecular complexity index is 445. The minimum atomic E-state index is -0.104. The number of aromatic nitrogens is 1. The summed E-state index contributed by atoms with van der Waals surface area (Å²) in [7, 11) is 0. The van der Waals surface area contributed by atoms with Crippen molar-refractivity contribution in [1.82, 2.24) is 9.47 Å². The number of rotatable bonds is 2. The van der Waals surface area contributed by atoms with E-state index in [9.17, 15) is 9.59 Å². The van der Waals surface area contributed by atoms with Gasteiger partial charge in [0.15, 0.2) is 0 Å².